The van der Waals surface area contributed by atoms with Crippen molar-refractivity contribution < 1.29 is 13.6 Å². The number of rotatable bonds is 1. The second-order valence-electron chi connectivity index (χ2n) is 4.15. The number of nitrogens with zero attached hydrogens (tertiary/aromatic N) is 1. The van der Waals surface area contributed by atoms with E-state index in [4.69, 9.17) is 0 Å². The highest BCUT2D eigenvalue weighted by Gasteiger charge is 2.21. The van der Waals surface area contributed by atoms with Gasteiger partial charge in [0, 0.05) is 13.1 Å². The summed E-state index contributed by atoms with van der Waals surface area (Å²) in [6, 6.07) is 3.66. The van der Waals surface area contributed by atoms with Gasteiger partial charge in [-0.3, -0.25) is 4.79 Å². The second-order valence-corrected chi connectivity index (χ2v) is 4.15. The molecule has 17 heavy (non-hydrogen) atoms. The number of hydrogen-bond acceptors (Lipinski definition) is 1. The fourth-order valence-corrected chi connectivity index (χ4v) is 1.79. The predicted molar refractivity (Wildman–Crippen MR) is 60.6 cm³/mol. The molecule has 0 N–H and O–H groups in total. The van der Waals surface area contributed by atoms with Crippen LogP contribution in [0.1, 0.15) is 23.7 Å². The van der Waals surface area contributed by atoms with Gasteiger partial charge in [-0.2, -0.15) is 0 Å². The van der Waals surface area contributed by atoms with Gasteiger partial charge in [0.25, 0.3) is 5.91 Å². The fourth-order valence-electron chi connectivity index (χ4n) is 1.79. The molecule has 2 nitrogen and oxygen atoms in total. The van der Waals surface area contributed by atoms with Crippen LogP contribution in [0.4, 0.5) is 8.78 Å². The van der Waals surface area contributed by atoms with Crippen LogP contribution in [0.25, 0.3) is 0 Å². The third-order valence-corrected chi connectivity index (χ3v) is 2.91. The van der Waals surface area contributed by atoms with Gasteiger partial charge in [0.15, 0.2) is 11.6 Å². The summed E-state index contributed by atoms with van der Waals surface area (Å²) in [6.07, 6.45) is 2.71. The Morgan fingerprint density at radius 2 is 2.12 bits per heavy atom. The molecule has 0 atom stereocenters. The number of amides is 1. The summed E-state index contributed by atoms with van der Waals surface area (Å²) in [4.78, 5) is 13.5. The Balaban J connectivity index is 2.23. The first-order valence-electron chi connectivity index (χ1n) is 5.48. The minimum absolute atomic E-state index is 0.196. The molecule has 4 heteroatoms. The Labute approximate surface area is 98.5 Å². The zero-order chi connectivity index (χ0) is 12.4. The Hall–Kier alpha value is -1.71. The van der Waals surface area contributed by atoms with Gasteiger partial charge in [-0.1, -0.05) is 17.7 Å². The summed E-state index contributed by atoms with van der Waals surface area (Å²) in [5.41, 5.74) is 1.02. The molecule has 2 rings (SSSR count). The molecule has 0 saturated carbocycles. The quantitative estimate of drug-likeness (QED) is 0.688. The van der Waals surface area contributed by atoms with Crippen molar-refractivity contribution in [1.82, 2.24) is 4.90 Å². The first kappa shape index (κ1) is 11.8. The maximum atomic E-state index is 13.4. The van der Waals surface area contributed by atoms with Gasteiger partial charge in [-0.05, 0) is 25.5 Å². The van der Waals surface area contributed by atoms with Crippen molar-refractivity contribution in [1.29, 1.82) is 0 Å². The zero-order valence-electron chi connectivity index (χ0n) is 9.54. The Kier molecular flexibility index (Phi) is 3.22. The topological polar surface area (TPSA) is 20.3 Å². The monoisotopic (exact) mass is 237 g/mol. The molecule has 0 bridgehead atoms. The summed E-state index contributed by atoms with van der Waals surface area (Å²) >= 11 is 0. The van der Waals surface area contributed by atoms with Crippen molar-refractivity contribution in [2.75, 3.05) is 13.1 Å². The minimum Gasteiger partial charge on any atom is -0.335 e. The van der Waals surface area contributed by atoms with Gasteiger partial charge >= 0.3 is 0 Å². The van der Waals surface area contributed by atoms with E-state index >= 15 is 0 Å². The van der Waals surface area contributed by atoms with Gasteiger partial charge in [-0.15, -0.1) is 0 Å². The summed E-state index contributed by atoms with van der Waals surface area (Å²) in [5.74, 6) is -2.51. The minimum atomic E-state index is -1.07. The van der Waals surface area contributed by atoms with Crippen LogP contribution in [-0.4, -0.2) is 23.9 Å². The van der Waals surface area contributed by atoms with Crippen LogP contribution in [0.2, 0.25) is 0 Å². The lowest BCUT2D eigenvalue weighted by Gasteiger charge is -2.25. The van der Waals surface area contributed by atoms with Gasteiger partial charge in [-0.25, -0.2) is 8.78 Å². The number of halogens is 2. The molecule has 1 aliphatic heterocycles. The average Bonchev–Trinajstić information content (AvgIpc) is 2.33. The van der Waals surface area contributed by atoms with Crippen molar-refractivity contribution >= 4 is 5.91 Å². The highest BCUT2D eigenvalue weighted by molar-refractivity contribution is 5.94. The number of carbonyl (C=O) groups excluding carboxylic acids is 1. The molecule has 0 saturated heterocycles. The van der Waals surface area contributed by atoms with Crippen molar-refractivity contribution in [3.05, 3.63) is 47.0 Å². The number of hydrogen-bond donors (Lipinski definition) is 0. The third kappa shape index (κ3) is 2.35. The Morgan fingerprint density at radius 1 is 1.35 bits per heavy atom. The van der Waals surface area contributed by atoms with Crippen molar-refractivity contribution in [3.63, 3.8) is 0 Å². The SMILES string of the molecule is CC1=CCN(C(=O)c2cccc(F)c2F)CC1. The largest absolute Gasteiger partial charge is 0.335 e. The van der Waals surface area contributed by atoms with Crippen LogP contribution in [0.3, 0.4) is 0 Å². The predicted octanol–water partition coefficient (Wildman–Crippen LogP) is 2.76. The van der Waals surface area contributed by atoms with E-state index in [1.54, 1.807) is 0 Å². The van der Waals surface area contributed by atoms with Gasteiger partial charge < -0.3 is 4.90 Å². The lowest BCUT2D eigenvalue weighted by Crippen LogP contribution is -2.35. The summed E-state index contributed by atoms with van der Waals surface area (Å²) in [6.45, 7) is 3.00. The van der Waals surface area contributed by atoms with Crippen LogP contribution >= 0.6 is 0 Å². The molecule has 1 aliphatic rings. The van der Waals surface area contributed by atoms with Crippen LogP contribution in [0, 0.1) is 11.6 Å². The number of carbonyl (C=O) groups is 1. The van der Waals surface area contributed by atoms with E-state index in [0.29, 0.717) is 13.1 Å². The molecule has 90 valence electrons. The standard InChI is InChI=1S/C13H13F2NO/c1-9-5-7-16(8-6-9)13(17)10-3-2-4-11(14)12(10)15/h2-5H,6-8H2,1H3. The molecule has 0 unspecified atom stereocenters. The third-order valence-electron chi connectivity index (χ3n) is 2.91. The first-order chi connectivity index (χ1) is 8.09. The van der Waals surface area contributed by atoms with E-state index in [1.807, 2.05) is 13.0 Å². The van der Waals surface area contributed by atoms with Gasteiger partial charge in [0.2, 0.25) is 0 Å². The van der Waals surface area contributed by atoms with E-state index in [1.165, 1.54) is 22.6 Å². The molecule has 1 aromatic rings. The molecule has 1 amide bonds. The average molecular weight is 237 g/mol. The van der Waals surface area contributed by atoms with E-state index in [-0.39, 0.29) is 5.56 Å². The maximum Gasteiger partial charge on any atom is 0.257 e. The normalized spacial score (nSPS) is 15.7. The van der Waals surface area contributed by atoms with E-state index < -0.39 is 17.5 Å². The van der Waals surface area contributed by atoms with E-state index in [2.05, 4.69) is 0 Å². The lowest BCUT2D eigenvalue weighted by atomic mass is 10.1. The zero-order valence-corrected chi connectivity index (χ0v) is 9.54. The van der Waals surface area contributed by atoms with Crippen molar-refractivity contribution in [3.8, 4) is 0 Å². The molecule has 1 aromatic carbocycles. The molecule has 1 heterocycles. The van der Waals surface area contributed by atoms with E-state index in [0.717, 1.165) is 12.5 Å². The van der Waals surface area contributed by atoms with E-state index in [9.17, 15) is 13.6 Å². The molecule has 0 spiro atoms. The van der Waals surface area contributed by atoms with Crippen LogP contribution in [-0.2, 0) is 0 Å². The summed E-state index contributed by atoms with van der Waals surface area (Å²) in [5, 5.41) is 0. The maximum absolute atomic E-state index is 13.4. The molecular weight excluding hydrogens is 224 g/mol. The van der Waals surface area contributed by atoms with Gasteiger partial charge in [0.1, 0.15) is 0 Å². The summed E-state index contributed by atoms with van der Waals surface area (Å²) in [7, 11) is 0. The van der Waals surface area contributed by atoms with Crippen LogP contribution < -0.4 is 0 Å². The summed E-state index contributed by atoms with van der Waals surface area (Å²) < 4.78 is 26.5. The fraction of sp³-hybridized carbons (Fsp3) is 0.308. The molecule has 0 aromatic heterocycles. The smallest absolute Gasteiger partial charge is 0.257 e. The molecular formula is C13H13F2NO. The van der Waals surface area contributed by atoms with Crippen molar-refractivity contribution in [2.45, 2.75) is 13.3 Å². The Morgan fingerprint density at radius 3 is 2.76 bits per heavy atom. The highest BCUT2D eigenvalue weighted by Crippen LogP contribution is 2.17. The highest BCUT2D eigenvalue weighted by atomic mass is 19.2. The number of benzene rings is 1. The molecule has 0 aliphatic carbocycles. The van der Waals surface area contributed by atoms with Crippen LogP contribution in [0.15, 0.2) is 29.8 Å². The molecule has 0 fully saturated rings. The lowest BCUT2D eigenvalue weighted by molar-refractivity contribution is 0.0763. The van der Waals surface area contributed by atoms with Crippen LogP contribution in [0.5, 0.6) is 0 Å². The molecule has 0 radical (unpaired) electrons. The second kappa shape index (κ2) is 4.65. The Bertz CT molecular complexity index is 482. The van der Waals surface area contributed by atoms with Gasteiger partial charge in [0.05, 0.1) is 5.56 Å². The first-order valence-corrected chi connectivity index (χ1v) is 5.48. The van der Waals surface area contributed by atoms with Crippen molar-refractivity contribution in [2.24, 2.45) is 0 Å².